The van der Waals surface area contributed by atoms with E-state index in [-0.39, 0.29) is 0 Å². The highest BCUT2D eigenvalue weighted by Crippen LogP contribution is 2.33. The van der Waals surface area contributed by atoms with E-state index in [1.54, 1.807) is 6.07 Å². The normalized spacial score (nSPS) is 17.4. The molecule has 1 saturated carbocycles. The first-order chi connectivity index (χ1) is 8.56. The molecule has 0 aromatic heterocycles. The zero-order valence-electron chi connectivity index (χ0n) is 10.5. The van der Waals surface area contributed by atoms with Gasteiger partial charge in [-0.3, -0.25) is 0 Å². The smallest absolute Gasteiger partial charge is 0.103 e. The zero-order chi connectivity index (χ0) is 13.2. The number of nitriles is 1. The van der Waals surface area contributed by atoms with Crippen molar-refractivity contribution in [1.29, 1.82) is 5.26 Å². The van der Waals surface area contributed by atoms with Gasteiger partial charge in [0.05, 0.1) is 21.9 Å². The van der Waals surface area contributed by atoms with Gasteiger partial charge in [0.2, 0.25) is 0 Å². The number of halogens is 1. The minimum atomic E-state index is -0.621. The SMILES string of the molecule is CN(CC1(O)CCCC1)c1cccc(Cl)c1C#N. The molecular formula is C14H17ClN2O. The van der Waals surface area contributed by atoms with Crippen LogP contribution in [-0.4, -0.2) is 24.3 Å². The molecule has 1 aliphatic carbocycles. The summed E-state index contributed by atoms with van der Waals surface area (Å²) >= 11 is 6.01. The van der Waals surface area contributed by atoms with Crippen LogP contribution in [0.5, 0.6) is 0 Å². The molecular weight excluding hydrogens is 248 g/mol. The lowest BCUT2D eigenvalue weighted by molar-refractivity contribution is 0.0559. The molecule has 1 aromatic carbocycles. The molecule has 0 atom stereocenters. The Balaban J connectivity index is 2.21. The third-order valence-electron chi connectivity index (χ3n) is 3.58. The molecule has 0 bridgehead atoms. The third kappa shape index (κ3) is 2.60. The molecule has 1 N–H and O–H groups in total. The molecule has 1 aliphatic rings. The summed E-state index contributed by atoms with van der Waals surface area (Å²) in [4.78, 5) is 1.93. The second-order valence-electron chi connectivity index (χ2n) is 5.03. The van der Waals surface area contributed by atoms with Gasteiger partial charge < -0.3 is 10.0 Å². The maximum absolute atomic E-state index is 10.4. The molecule has 0 spiro atoms. The summed E-state index contributed by atoms with van der Waals surface area (Å²) in [6.07, 6.45) is 3.82. The van der Waals surface area contributed by atoms with Gasteiger partial charge in [-0.1, -0.05) is 30.5 Å². The van der Waals surface area contributed by atoms with Crippen LogP contribution in [0.2, 0.25) is 5.02 Å². The molecule has 96 valence electrons. The van der Waals surface area contributed by atoms with Crippen LogP contribution in [0.4, 0.5) is 5.69 Å². The van der Waals surface area contributed by atoms with E-state index in [0.717, 1.165) is 31.4 Å². The Morgan fingerprint density at radius 3 is 2.72 bits per heavy atom. The lowest BCUT2D eigenvalue weighted by Crippen LogP contribution is -2.39. The van der Waals surface area contributed by atoms with Gasteiger partial charge in [0.15, 0.2) is 0 Å². The lowest BCUT2D eigenvalue weighted by atomic mass is 10.0. The third-order valence-corrected chi connectivity index (χ3v) is 3.90. The van der Waals surface area contributed by atoms with Crippen molar-refractivity contribution in [3.05, 3.63) is 28.8 Å². The van der Waals surface area contributed by atoms with E-state index >= 15 is 0 Å². The van der Waals surface area contributed by atoms with E-state index in [2.05, 4.69) is 6.07 Å². The summed E-state index contributed by atoms with van der Waals surface area (Å²) < 4.78 is 0. The second kappa shape index (κ2) is 5.17. The Hall–Kier alpha value is -1.24. The van der Waals surface area contributed by atoms with Crippen molar-refractivity contribution < 1.29 is 5.11 Å². The molecule has 18 heavy (non-hydrogen) atoms. The van der Waals surface area contributed by atoms with Gasteiger partial charge in [-0.2, -0.15) is 5.26 Å². The largest absolute Gasteiger partial charge is 0.388 e. The van der Waals surface area contributed by atoms with Gasteiger partial charge >= 0.3 is 0 Å². The number of nitrogens with zero attached hydrogens (tertiary/aromatic N) is 2. The van der Waals surface area contributed by atoms with E-state index in [1.807, 2.05) is 24.1 Å². The molecule has 4 heteroatoms. The van der Waals surface area contributed by atoms with Gasteiger partial charge in [-0.05, 0) is 25.0 Å². The predicted molar refractivity (Wildman–Crippen MR) is 72.9 cm³/mol. The quantitative estimate of drug-likeness (QED) is 0.913. The molecule has 0 amide bonds. The Kier molecular flexibility index (Phi) is 3.79. The number of aliphatic hydroxyl groups is 1. The number of hydrogen-bond acceptors (Lipinski definition) is 3. The average molecular weight is 265 g/mol. The van der Waals surface area contributed by atoms with Crippen LogP contribution in [-0.2, 0) is 0 Å². The van der Waals surface area contributed by atoms with Gasteiger partial charge in [0.1, 0.15) is 6.07 Å². The molecule has 0 radical (unpaired) electrons. The summed E-state index contributed by atoms with van der Waals surface area (Å²) in [5.74, 6) is 0. The monoisotopic (exact) mass is 264 g/mol. The van der Waals surface area contributed by atoms with Crippen LogP contribution in [0.1, 0.15) is 31.2 Å². The van der Waals surface area contributed by atoms with Gasteiger partial charge in [-0.25, -0.2) is 0 Å². The van der Waals surface area contributed by atoms with Gasteiger partial charge in [-0.15, -0.1) is 0 Å². The highest BCUT2D eigenvalue weighted by Gasteiger charge is 2.32. The second-order valence-corrected chi connectivity index (χ2v) is 5.44. The zero-order valence-corrected chi connectivity index (χ0v) is 11.2. The van der Waals surface area contributed by atoms with Crippen molar-refractivity contribution in [2.45, 2.75) is 31.3 Å². The van der Waals surface area contributed by atoms with Crippen molar-refractivity contribution in [3.63, 3.8) is 0 Å². The Morgan fingerprint density at radius 2 is 2.11 bits per heavy atom. The van der Waals surface area contributed by atoms with Gasteiger partial charge in [0.25, 0.3) is 0 Å². The first-order valence-corrected chi connectivity index (χ1v) is 6.56. The van der Waals surface area contributed by atoms with Crippen molar-refractivity contribution >= 4 is 17.3 Å². The van der Waals surface area contributed by atoms with Crippen LogP contribution in [0.3, 0.4) is 0 Å². The molecule has 1 aromatic rings. The molecule has 1 fully saturated rings. The van der Waals surface area contributed by atoms with E-state index in [1.165, 1.54) is 0 Å². The van der Waals surface area contributed by atoms with Crippen molar-refractivity contribution in [2.75, 3.05) is 18.5 Å². The lowest BCUT2D eigenvalue weighted by Gasteiger charge is -2.30. The van der Waals surface area contributed by atoms with Crippen LogP contribution < -0.4 is 4.90 Å². The fourth-order valence-corrected chi connectivity index (χ4v) is 2.87. The van der Waals surface area contributed by atoms with Crippen LogP contribution in [0.15, 0.2) is 18.2 Å². The van der Waals surface area contributed by atoms with Crippen molar-refractivity contribution in [3.8, 4) is 6.07 Å². The van der Waals surface area contributed by atoms with E-state index in [0.29, 0.717) is 17.1 Å². The fourth-order valence-electron chi connectivity index (χ4n) is 2.66. The Labute approximate surface area is 113 Å². The topological polar surface area (TPSA) is 47.3 Å². The number of benzene rings is 1. The predicted octanol–water partition coefficient (Wildman–Crippen LogP) is 2.95. The maximum Gasteiger partial charge on any atom is 0.103 e. The fraction of sp³-hybridized carbons (Fsp3) is 0.500. The van der Waals surface area contributed by atoms with E-state index in [9.17, 15) is 5.11 Å². The summed E-state index contributed by atoms with van der Waals surface area (Å²) in [6.45, 7) is 0.544. The number of likely N-dealkylation sites (N-methyl/N-ethyl adjacent to an activating group) is 1. The van der Waals surface area contributed by atoms with Crippen molar-refractivity contribution in [1.82, 2.24) is 0 Å². The number of rotatable bonds is 3. The standard InChI is InChI=1S/C14H17ClN2O/c1-17(10-14(18)7-2-3-8-14)13-6-4-5-12(15)11(13)9-16/h4-6,18H,2-3,7-8,10H2,1H3. The van der Waals surface area contributed by atoms with E-state index < -0.39 is 5.60 Å². The van der Waals surface area contributed by atoms with Crippen LogP contribution >= 0.6 is 11.6 Å². The Bertz CT molecular complexity index is 475. The molecule has 0 heterocycles. The van der Waals surface area contributed by atoms with Gasteiger partial charge in [0, 0.05) is 13.6 Å². The summed E-state index contributed by atoms with van der Waals surface area (Å²) in [6, 6.07) is 7.53. The summed E-state index contributed by atoms with van der Waals surface area (Å²) in [5.41, 5.74) is 0.637. The van der Waals surface area contributed by atoms with Crippen molar-refractivity contribution in [2.24, 2.45) is 0 Å². The minimum absolute atomic E-state index is 0.459. The number of hydrogen-bond donors (Lipinski definition) is 1. The average Bonchev–Trinajstić information content (AvgIpc) is 2.75. The highest BCUT2D eigenvalue weighted by molar-refractivity contribution is 6.32. The maximum atomic E-state index is 10.4. The molecule has 3 nitrogen and oxygen atoms in total. The van der Waals surface area contributed by atoms with Crippen LogP contribution in [0, 0.1) is 11.3 Å². The number of anilines is 1. The minimum Gasteiger partial charge on any atom is -0.388 e. The summed E-state index contributed by atoms with van der Waals surface area (Å²) in [5, 5.41) is 20.0. The molecule has 0 saturated heterocycles. The molecule has 0 aliphatic heterocycles. The molecule has 2 rings (SSSR count). The first kappa shape index (κ1) is 13.2. The van der Waals surface area contributed by atoms with E-state index in [4.69, 9.17) is 16.9 Å². The van der Waals surface area contributed by atoms with Crippen LogP contribution in [0.25, 0.3) is 0 Å². The Morgan fingerprint density at radius 1 is 1.44 bits per heavy atom. The highest BCUT2D eigenvalue weighted by atomic mass is 35.5. The molecule has 0 unspecified atom stereocenters. The first-order valence-electron chi connectivity index (χ1n) is 6.18. The summed E-state index contributed by atoms with van der Waals surface area (Å²) in [7, 11) is 1.89.